The number of benzene rings is 1. The average Bonchev–Trinajstić information content (AvgIpc) is 2.91. The van der Waals surface area contributed by atoms with Crippen LogP contribution in [0.15, 0.2) is 24.3 Å². The normalized spacial score (nSPS) is 22.4. The number of unbranched alkanes of at least 4 members (excludes halogenated alkanes) is 3. The second kappa shape index (κ2) is 8.47. The maximum Gasteiger partial charge on any atom is 0.311 e. The largest absolute Gasteiger partial charge is 0.424 e. The first-order chi connectivity index (χ1) is 12.6. The van der Waals surface area contributed by atoms with Gasteiger partial charge in [-0.15, -0.1) is 0 Å². The fraction of sp³-hybridized carbons (Fsp3) is 0.571. The Bertz CT molecular complexity index is 660. The molecule has 5 nitrogen and oxygen atoms in total. The Labute approximate surface area is 154 Å². The lowest BCUT2D eigenvalue weighted by Crippen LogP contribution is -2.31. The molecule has 1 saturated heterocycles. The number of ether oxygens (including phenoxy) is 1. The zero-order valence-corrected chi connectivity index (χ0v) is 15.4. The number of amides is 2. The van der Waals surface area contributed by atoms with Gasteiger partial charge < -0.3 is 4.74 Å². The van der Waals surface area contributed by atoms with Crippen molar-refractivity contribution in [2.75, 3.05) is 4.90 Å². The molecule has 2 fully saturated rings. The number of nitrogens with zero attached hydrogens (tertiary/aromatic N) is 1. The monoisotopic (exact) mass is 357 g/mol. The van der Waals surface area contributed by atoms with Gasteiger partial charge in [-0.3, -0.25) is 14.4 Å². The minimum absolute atomic E-state index is 0.147. The zero-order valence-electron chi connectivity index (χ0n) is 15.4. The van der Waals surface area contributed by atoms with Crippen LogP contribution in [-0.4, -0.2) is 17.8 Å². The Morgan fingerprint density at radius 2 is 1.69 bits per heavy atom. The first-order valence-electron chi connectivity index (χ1n) is 9.81. The molecule has 26 heavy (non-hydrogen) atoms. The minimum atomic E-state index is -0.315. The summed E-state index contributed by atoms with van der Waals surface area (Å²) in [5.74, 6) is -0.737. The maximum absolute atomic E-state index is 12.8. The summed E-state index contributed by atoms with van der Waals surface area (Å²) < 4.78 is 5.50. The van der Waals surface area contributed by atoms with E-state index < -0.39 is 0 Å². The maximum atomic E-state index is 12.8. The van der Waals surface area contributed by atoms with E-state index in [-0.39, 0.29) is 29.6 Å². The number of para-hydroxylation sites is 2. The van der Waals surface area contributed by atoms with E-state index in [4.69, 9.17) is 4.74 Å². The van der Waals surface area contributed by atoms with E-state index in [0.717, 1.165) is 51.4 Å². The van der Waals surface area contributed by atoms with Gasteiger partial charge in [0.2, 0.25) is 11.8 Å². The molecule has 1 heterocycles. The van der Waals surface area contributed by atoms with Crippen molar-refractivity contribution in [3.05, 3.63) is 24.3 Å². The van der Waals surface area contributed by atoms with Gasteiger partial charge in [0.05, 0.1) is 17.5 Å². The molecule has 1 aliphatic heterocycles. The zero-order chi connectivity index (χ0) is 18.5. The van der Waals surface area contributed by atoms with Crippen LogP contribution in [0.5, 0.6) is 5.75 Å². The van der Waals surface area contributed by atoms with Crippen LogP contribution in [-0.2, 0) is 14.4 Å². The van der Waals surface area contributed by atoms with Gasteiger partial charge in [0.15, 0.2) is 5.75 Å². The number of imide groups is 1. The van der Waals surface area contributed by atoms with E-state index in [1.165, 1.54) is 4.90 Å². The van der Waals surface area contributed by atoms with E-state index in [9.17, 15) is 14.4 Å². The number of carbonyl (C=O) groups is 3. The average molecular weight is 357 g/mol. The summed E-state index contributed by atoms with van der Waals surface area (Å²) in [7, 11) is 0. The summed E-state index contributed by atoms with van der Waals surface area (Å²) in [6.07, 6.45) is 7.87. The molecule has 3 rings (SSSR count). The first-order valence-corrected chi connectivity index (χ1v) is 9.81. The molecule has 1 aliphatic carbocycles. The van der Waals surface area contributed by atoms with Gasteiger partial charge in [-0.25, -0.2) is 4.90 Å². The first kappa shape index (κ1) is 18.6. The lowest BCUT2D eigenvalue weighted by atomic mass is 9.81. The van der Waals surface area contributed by atoms with E-state index in [2.05, 4.69) is 6.92 Å². The van der Waals surface area contributed by atoms with Crippen LogP contribution in [0, 0.1) is 11.8 Å². The van der Waals surface area contributed by atoms with Crippen molar-refractivity contribution in [3.63, 3.8) is 0 Å². The van der Waals surface area contributed by atoms with E-state index >= 15 is 0 Å². The van der Waals surface area contributed by atoms with Crippen molar-refractivity contribution in [2.45, 2.75) is 64.7 Å². The fourth-order valence-electron chi connectivity index (χ4n) is 4.00. The molecule has 1 aromatic carbocycles. The van der Waals surface area contributed by atoms with Crippen molar-refractivity contribution in [1.29, 1.82) is 0 Å². The highest BCUT2D eigenvalue weighted by Gasteiger charge is 2.49. The SMILES string of the molecule is CCCCCCC(=O)Oc1ccccc1N1C(=O)[C@H]2CCCC[C@H]2C1=O. The third-order valence-electron chi connectivity index (χ3n) is 5.41. The van der Waals surface area contributed by atoms with E-state index in [1.807, 2.05) is 0 Å². The molecular weight excluding hydrogens is 330 g/mol. The topological polar surface area (TPSA) is 63.7 Å². The molecule has 0 spiro atoms. The number of anilines is 1. The summed E-state index contributed by atoms with van der Waals surface area (Å²) in [5.41, 5.74) is 0.402. The van der Waals surface area contributed by atoms with Gasteiger partial charge in [0, 0.05) is 6.42 Å². The highest BCUT2D eigenvalue weighted by molar-refractivity contribution is 6.22. The minimum Gasteiger partial charge on any atom is -0.424 e. The smallest absolute Gasteiger partial charge is 0.311 e. The lowest BCUT2D eigenvalue weighted by Gasteiger charge is -2.19. The van der Waals surface area contributed by atoms with Crippen molar-refractivity contribution in [1.82, 2.24) is 0 Å². The number of carbonyl (C=O) groups excluding carboxylic acids is 3. The molecule has 2 atom stereocenters. The molecule has 1 saturated carbocycles. The highest BCUT2D eigenvalue weighted by Crippen LogP contribution is 2.42. The molecule has 0 unspecified atom stereocenters. The summed E-state index contributed by atoms with van der Waals surface area (Å²) in [6, 6.07) is 6.85. The van der Waals surface area contributed by atoms with Crippen LogP contribution < -0.4 is 9.64 Å². The Balaban J connectivity index is 1.74. The fourth-order valence-corrected chi connectivity index (χ4v) is 4.00. The van der Waals surface area contributed by atoms with Crippen LogP contribution in [0.2, 0.25) is 0 Å². The second-order valence-corrected chi connectivity index (χ2v) is 7.26. The molecule has 1 aromatic rings. The molecule has 0 aromatic heterocycles. The summed E-state index contributed by atoms with van der Waals surface area (Å²) in [6.45, 7) is 2.12. The van der Waals surface area contributed by atoms with Crippen molar-refractivity contribution >= 4 is 23.5 Å². The Morgan fingerprint density at radius 1 is 1.04 bits per heavy atom. The number of fused-ring (bicyclic) bond motifs is 1. The molecule has 2 aliphatic rings. The van der Waals surface area contributed by atoms with Gasteiger partial charge in [0.25, 0.3) is 0 Å². The van der Waals surface area contributed by atoms with Crippen molar-refractivity contribution in [2.24, 2.45) is 11.8 Å². The van der Waals surface area contributed by atoms with Gasteiger partial charge in [-0.1, -0.05) is 51.2 Å². The van der Waals surface area contributed by atoms with Crippen LogP contribution >= 0.6 is 0 Å². The second-order valence-electron chi connectivity index (χ2n) is 7.26. The predicted molar refractivity (Wildman–Crippen MR) is 98.8 cm³/mol. The van der Waals surface area contributed by atoms with Gasteiger partial charge >= 0.3 is 5.97 Å². The molecule has 140 valence electrons. The van der Waals surface area contributed by atoms with Crippen LogP contribution in [0.4, 0.5) is 5.69 Å². The number of hydrogen-bond acceptors (Lipinski definition) is 4. The van der Waals surface area contributed by atoms with Crippen molar-refractivity contribution in [3.8, 4) is 5.75 Å². The van der Waals surface area contributed by atoms with E-state index in [0.29, 0.717) is 17.9 Å². The molecule has 5 heteroatoms. The Morgan fingerprint density at radius 3 is 2.35 bits per heavy atom. The molecule has 0 bridgehead atoms. The third-order valence-corrected chi connectivity index (χ3v) is 5.41. The van der Waals surface area contributed by atoms with Crippen LogP contribution in [0.25, 0.3) is 0 Å². The quantitative estimate of drug-likeness (QED) is 0.317. The number of rotatable bonds is 7. The highest BCUT2D eigenvalue weighted by atomic mass is 16.5. The van der Waals surface area contributed by atoms with Gasteiger partial charge in [-0.05, 0) is 31.4 Å². The number of esters is 1. The predicted octanol–water partition coefficient (Wildman–Crippen LogP) is 4.24. The van der Waals surface area contributed by atoms with Crippen molar-refractivity contribution < 1.29 is 19.1 Å². The summed E-state index contributed by atoms with van der Waals surface area (Å²) in [4.78, 5) is 39.0. The molecule has 2 amide bonds. The van der Waals surface area contributed by atoms with Gasteiger partial charge in [-0.2, -0.15) is 0 Å². The van der Waals surface area contributed by atoms with Crippen LogP contribution in [0.1, 0.15) is 64.7 Å². The standard InChI is InChI=1S/C21H27NO4/c1-2-3-4-5-14-19(23)26-18-13-9-8-12-17(18)22-20(24)15-10-6-7-11-16(15)21(22)25/h8-9,12-13,15-16H,2-7,10-11,14H2,1H3/t15-,16+. The van der Waals surface area contributed by atoms with Gasteiger partial charge in [0.1, 0.15) is 0 Å². The lowest BCUT2D eigenvalue weighted by molar-refractivity contribution is -0.134. The Hall–Kier alpha value is -2.17. The Kier molecular flexibility index (Phi) is 6.07. The number of hydrogen-bond donors (Lipinski definition) is 0. The third kappa shape index (κ3) is 3.81. The molecule has 0 radical (unpaired) electrons. The van der Waals surface area contributed by atoms with Crippen LogP contribution in [0.3, 0.4) is 0 Å². The summed E-state index contributed by atoms with van der Waals surface area (Å²) in [5, 5.41) is 0. The summed E-state index contributed by atoms with van der Waals surface area (Å²) >= 11 is 0. The molecular formula is C21H27NO4. The molecule has 0 N–H and O–H groups in total. The van der Waals surface area contributed by atoms with E-state index in [1.54, 1.807) is 24.3 Å².